The summed E-state index contributed by atoms with van der Waals surface area (Å²) in [4.78, 5) is 25.3. The predicted molar refractivity (Wildman–Crippen MR) is 102 cm³/mol. The molecule has 8 heteroatoms. The minimum atomic E-state index is -0.487. The molecule has 2 aromatic heterocycles. The van der Waals surface area contributed by atoms with E-state index in [-0.39, 0.29) is 10.6 Å². The maximum Gasteiger partial charge on any atom is 0.277 e. The molecule has 2 heterocycles. The van der Waals surface area contributed by atoms with E-state index in [1.54, 1.807) is 39.5 Å². The first-order valence-electron chi connectivity index (χ1n) is 8.26. The lowest BCUT2D eigenvalue weighted by atomic mass is 10.1. The summed E-state index contributed by atoms with van der Waals surface area (Å²) in [6, 6.07) is 10.4. The molecule has 0 spiro atoms. The molecule has 0 unspecified atom stereocenters. The Kier molecular flexibility index (Phi) is 4.16. The van der Waals surface area contributed by atoms with Crippen LogP contribution in [0.2, 0.25) is 5.02 Å². The van der Waals surface area contributed by atoms with Gasteiger partial charge in [0.15, 0.2) is 0 Å². The van der Waals surface area contributed by atoms with Gasteiger partial charge < -0.3 is 9.88 Å². The van der Waals surface area contributed by atoms with E-state index in [9.17, 15) is 14.0 Å². The minimum Gasteiger partial charge on any atom is -0.321 e. The lowest BCUT2D eigenvalue weighted by molar-refractivity contribution is 0.102. The number of hydrogen-bond donors (Lipinski definition) is 1. The van der Waals surface area contributed by atoms with E-state index in [2.05, 4.69) is 10.4 Å². The average Bonchev–Trinajstić information content (AvgIpc) is 3.14. The van der Waals surface area contributed by atoms with Crippen molar-refractivity contribution in [1.29, 1.82) is 0 Å². The molecule has 0 saturated carbocycles. The molecule has 136 valence electrons. The molecule has 0 aliphatic carbocycles. The number of benzene rings is 2. The molecular formula is C19H14ClFN4O2. The van der Waals surface area contributed by atoms with Gasteiger partial charge in [-0.25, -0.2) is 8.91 Å². The Balaban J connectivity index is 1.82. The number of aromatic nitrogens is 3. The van der Waals surface area contributed by atoms with Crippen molar-refractivity contribution in [1.82, 2.24) is 14.2 Å². The predicted octanol–water partition coefficient (Wildman–Crippen LogP) is 3.71. The van der Waals surface area contributed by atoms with Crippen LogP contribution in [0.1, 0.15) is 17.3 Å². The highest BCUT2D eigenvalue weighted by atomic mass is 35.5. The number of nitrogens with one attached hydrogen (secondary N) is 1. The van der Waals surface area contributed by atoms with Crippen LogP contribution in [0.25, 0.3) is 16.6 Å². The number of fused-ring (bicyclic) bond motifs is 3. The summed E-state index contributed by atoms with van der Waals surface area (Å²) in [7, 11) is 0. The van der Waals surface area contributed by atoms with Gasteiger partial charge in [0.05, 0.1) is 27.9 Å². The zero-order valence-electron chi connectivity index (χ0n) is 14.2. The van der Waals surface area contributed by atoms with Gasteiger partial charge in [-0.1, -0.05) is 11.6 Å². The number of hydrogen-bond acceptors (Lipinski definition) is 3. The van der Waals surface area contributed by atoms with Crippen LogP contribution in [0, 0.1) is 5.82 Å². The maximum atomic E-state index is 13.2. The Morgan fingerprint density at radius 3 is 2.70 bits per heavy atom. The van der Waals surface area contributed by atoms with Gasteiger partial charge in [-0.15, -0.1) is 0 Å². The first-order valence-corrected chi connectivity index (χ1v) is 8.64. The van der Waals surface area contributed by atoms with Crippen molar-refractivity contribution < 1.29 is 9.18 Å². The SMILES string of the molecule is CCn1c(=O)c2ccnn2c2ccc(C(=O)Nc3ccc(F)cc3Cl)cc21. The minimum absolute atomic E-state index is 0.104. The van der Waals surface area contributed by atoms with Gasteiger partial charge in [-0.2, -0.15) is 5.10 Å². The third-order valence-electron chi connectivity index (χ3n) is 4.36. The van der Waals surface area contributed by atoms with Crippen molar-refractivity contribution in [2.24, 2.45) is 0 Å². The fourth-order valence-corrected chi connectivity index (χ4v) is 3.28. The zero-order chi connectivity index (χ0) is 19.1. The highest BCUT2D eigenvalue weighted by Gasteiger charge is 2.14. The third-order valence-corrected chi connectivity index (χ3v) is 4.67. The van der Waals surface area contributed by atoms with Crippen LogP contribution in [0.4, 0.5) is 10.1 Å². The number of carbonyl (C=O) groups is 1. The van der Waals surface area contributed by atoms with Crippen LogP contribution >= 0.6 is 11.6 Å². The monoisotopic (exact) mass is 384 g/mol. The van der Waals surface area contributed by atoms with Crippen molar-refractivity contribution in [3.8, 4) is 0 Å². The average molecular weight is 385 g/mol. The van der Waals surface area contributed by atoms with E-state index >= 15 is 0 Å². The Labute approximate surface area is 157 Å². The van der Waals surface area contributed by atoms with E-state index in [0.717, 1.165) is 6.07 Å². The van der Waals surface area contributed by atoms with Gasteiger partial charge in [0.25, 0.3) is 11.5 Å². The smallest absolute Gasteiger partial charge is 0.277 e. The number of anilines is 1. The van der Waals surface area contributed by atoms with E-state index in [0.29, 0.717) is 34.3 Å². The van der Waals surface area contributed by atoms with Crippen LogP contribution in [0.5, 0.6) is 0 Å². The molecular weight excluding hydrogens is 371 g/mol. The van der Waals surface area contributed by atoms with Gasteiger partial charge in [-0.3, -0.25) is 9.59 Å². The summed E-state index contributed by atoms with van der Waals surface area (Å²) in [6.45, 7) is 2.31. The first kappa shape index (κ1) is 17.2. The van der Waals surface area contributed by atoms with Crippen molar-refractivity contribution >= 4 is 39.7 Å². The number of rotatable bonds is 3. The largest absolute Gasteiger partial charge is 0.321 e. The fraction of sp³-hybridized carbons (Fsp3) is 0.105. The summed E-state index contributed by atoms with van der Waals surface area (Å²) < 4.78 is 16.3. The van der Waals surface area contributed by atoms with Crippen molar-refractivity contribution in [3.63, 3.8) is 0 Å². The Bertz CT molecular complexity index is 1260. The molecule has 1 N–H and O–H groups in total. The Hall–Kier alpha value is -3.19. The summed E-state index contributed by atoms with van der Waals surface area (Å²) in [5, 5.41) is 6.95. The van der Waals surface area contributed by atoms with E-state index in [1.807, 2.05) is 6.92 Å². The molecule has 0 bridgehead atoms. The number of carbonyl (C=O) groups excluding carboxylic acids is 1. The highest BCUT2D eigenvalue weighted by molar-refractivity contribution is 6.33. The molecule has 4 rings (SSSR count). The van der Waals surface area contributed by atoms with Crippen LogP contribution in [0.15, 0.2) is 53.5 Å². The quantitative estimate of drug-likeness (QED) is 0.585. The van der Waals surface area contributed by atoms with Crippen molar-refractivity contribution in [2.75, 3.05) is 5.32 Å². The normalized spacial score (nSPS) is 11.2. The van der Waals surface area contributed by atoms with E-state index in [4.69, 9.17) is 11.6 Å². The second-order valence-electron chi connectivity index (χ2n) is 5.96. The highest BCUT2D eigenvalue weighted by Crippen LogP contribution is 2.24. The van der Waals surface area contributed by atoms with E-state index < -0.39 is 11.7 Å². The van der Waals surface area contributed by atoms with Gasteiger partial charge in [0, 0.05) is 12.1 Å². The van der Waals surface area contributed by atoms with Crippen LogP contribution in [0.3, 0.4) is 0 Å². The van der Waals surface area contributed by atoms with Crippen molar-refractivity contribution in [3.05, 3.63) is 75.4 Å². The molecule has 0 aliphatic rings. The molecule has 0 saturated heterocycles. The second-order valence-corrected chi connectivity index (χ2v) is 6.37. The molecule has 4 aromatic rings. The van der Waals surface area contributed by atoms with Crippen LogP contribution in [-0.4, -0.2) is 20.1 Å². The molecule has 6 nitrogen and oxygen atoms in total. The molecule has 0 fully saturated rings. The van der Waals surface area contributed by atoms with Gasteiger partial charge in [0.2, 0.25) is 0 Å². The van der Waals surface area contributed by atoms with E-state index in [1.165, 1.54) is 12.1 Å². The summed E-state index contributed by atoms with van der Waals surface area (Å²) in [6.07, 6.45) is 1.56. The van der Waals surface area contributed by atoms with Gasteiger partial charge >= 0.3 is 0 Å². The molecule has 0 radical (unpaired) electrons. The molecule has 0 atom stereocenters. The van der Waals surface area contributed by atoms with Gasteiger partial charge in [-0.05, 0) is 49.4 Å². The number of nitrogens with zero attached hydrogens (tertiary/aromatic N) is 3. The third kappa shape index (κ3) is 2.86. The Morgan fingerprint density at radius 1 is 1.15 bits per heavy atom. The maximum absolute atomic E-state index is 13.2. The Morgan fingerprint density at radius 2 is 1.96 bits per heavy atom. The second kappa shape index (κ2) is 6.51. The molecule has 2 aromatic carbocycles. The van der Waals surface area contributed by atoms with Crippen LogP contribution < -0.4 is 10.9 Å². The molecule has 27 heavy (non-hydrogen) atoms. The lowest BCUT2D eigenvalue weighted by Crippen LogP contribution is -2.22. The lowest BCUT2D eigenvalue weighted by Gasteiger charge is -2.12. The molecule has 0 aliphatic heterocycles. The number of amides is 1. The number of halogens is 2. The topological polar surface area (TPSA) is 68.4 Å². The fourth-order valence-electron chi connectivity index (χ4n) is 3.06. The van der Waals surface area contributed by atoms with Crippen LogP contribution in [-0.2, 0) is 6.54 Å². The standard InChI is InChI=1S/C19H14ClFN4O2/c1-2-24-17-9-11(18(26)23-14-5-4-12(21)10-13(14)20)3-6-15(17)25-16(19(24)27)7-8-22-25/h3-10H,2H2,1H3,(H,23,26). The van der Waals surface area contributed by atoms with Crippen molar-refractivity contribution in [2.45, 2.75) is 13.5 Å². The molecule has 1 amide bonds. The summed E-state index contributed by atoms with van der Waals surface area (Å²) in [5.74, 6) is -0.903. The number of aryl methyl sites for hydroxylation is 1. The summed E-state index contributed by atoms with van der Waals surface area (Å²) in [5.41, 5.74) is 2.25. The zero-order valence-corrected chi connectivity index (χ0v) is 15.0. The summed E-state index contributed by atoms with van der Waals surface area (Å²) >= 11 is 5.97. The first-order chi connectivity index (χ1) is 13.0. The van der Waals surface area contributed by atoms with Gasteiger partial charge in [0.1, 0.15) is 11.3 Å².